The van der Waals surface area contributed by atoms with Crippen LogP contribution in [-0.2, 0) is 14.9 Å². The zero-order chi connectivity index (χ0) is 17.5. The highest BCUT2D eigenvalue weighted by Gasteiger charge is 2.29. The number of benzene rings is 1. The Labute approximate surface area is 160 Å². The Morgan fingerprint density at radius 2 is 1.92 bits per heavy atom. The molecule has 138 valence electrons. The third-order valence-corrected chi connectivity index (χ3v) is 5.26. The Balaban J connectivity index is 0.00000529. The van der Waals surface area contributed by atoms with E-state index < -0.39 is 0 Å². The predicted molar refractivity (Wildman–Crippen MR) is 103 cm³/mol. The third-order valence-electron chi connectivity index (χ3n) is 4.52. The van der Waals surface area contributed by atoms with Crippen LogP contribution in [0.15, 0.2) is 18.2 Å². The minimum atomic E-state index is -0.252. The summed E-state index contributed by atoms with van der Waals surface area (Å²) in [5.41, 5.74) is 6.47. The van der Waals surface area contributed by atoms with Crippen LogP contribution >= 0.6 is 35.6 Å². The van der Waals surface area contributed by atoms with Crippen LogP contribution in [0.1, 0.15) is 38.7 Å². The fraction of sp³-hybridized carbons (Fsp3) is 0.588. The Bertz CT molecular complexity index is 519. The van der Waals surface area contributed by atoms with Crippen LogP contribution in [0.3, 0.4) is 0 Å². The molecule has 0 saturated heterocycles. The van der Waals surface area contributed by atoms with E-state index in [-0.39, 0.29) is 36.3 Å². The van der Waals surface area contributed by atoms with Crippen molar-refractivity contribution in [2.45, 2.75) is 44.6 Å². The Morgan fingerprint density at radius 3 is 2.38 bits per heavy atom. The standard InChI is InChI=1S/C17H26Cl2N2O2.ClH/c1-4-17(5-2,12-6-7-14(18)15(19)8-12)11-21-16(22)9-13(10-20)23-3;/h6-8,13H,4-5,9-11,20H2,1-3H3,(H,21,22);1H. The van der Waals surface area contributed by atoms with E-state index in [4.69, 9.17) is 33.7 Å². The van der Waals surface area contributed by atoms with Crippen molar-refractivity contribution in [1.29, 1.82) is 0 Å². The van der Waals surface area contributed by atoms with Gasteiger partial charge in [0.2, 0.25) is 5.91 Å². The van der Waals surface area contributed by atoms with Gasteiger partial charge in [-0.15, -0.1) is 12.4 Å². The maximum absolute atomic E-state index is 12.1. The number of hydrogen-bond donors (Lipinski definition) is 2. The Hall–Kier alpha value is -0.520. The summed E-state index contributed by atoms with van der Waals surface area (Å²) in [7, 11) is 1.56. The van der Waals surface area contributed by atoms with E-state index >= 15 is 0 Å². The molecule has 0 saturated carbocycles. The lowest BCUT2D eigenvalue weighted by Gasteiger charge is -2.33. The van der Waals surface area contributed by atoms with Crippen molar-refractivity contribution in [2.75, 3.05) is 20.2 Å². The average Bonchev–Trinajstić information content (AvgIpc) is 2.57. The molecule has 1 aromatic carbocycles. The van der Waals surface area contributed by atoms with Crippen LogP contribution in [0.2, 0.25) is 10.0 Å². The maximum atomic E-state index is 12.1. The van der Waals surface area contributed by atoms with Gasteiger partial charge in [0.25, 0.3) is 0 Å². The first-order valence-corrected chi connectivity index (χ1v) is 8.63. The van der Waals surface area contributed by atoms with Gasteiger partial charge in [-0.05, 0) is 30.5 Å². The highest BCUT2D eigenvalue weighted by Crippen LogP contribution is 2.34. The van der Waals surface area contributed by atoms with Crippen molar-refractivity contribution in [3.63, 3.8) is 0 Å². The molecule has 1 rings (SSSR count). The number of ether oxygens (including phenoxy) is 1. The number of rotatable bonds is 9. The fourth-order valence-electron chi connectivity index (χ4n) is 2.65. The third kappa shape index (κ3) is 6.08. The molecule has 0 heterocycles. The van der Waals surface area contributed by atoms with Crippen molar-refractivity contribution < 1.29 is 9.53 Å². The molecular formula is C17H27Cl3N2O2. The second-order valence-corrected chi connectivity index (χ2v) is 6.50. The number of nitrogens with one attached hydrogen (secondary N) is 1. The van der Waals surface area contributed by atoms with Crippen molar-refractivity contribution in [3.05, 3.63) is 33.8 Å². The van der Waals surface area contributed by atoms with Crippen molar-refractivity contribution in [3.8, 4) is 0 Å². The van der Waals surface area contributed by atoms with Crippen LogP contribution in [0.5, 0.6) is 0 Å². The van der Waals surface area contributed by atoms with Gasteiger partial charge in [-0.2, -0.15) is 0 Å². The molecule has 7 heteroatoms. The zero-order valence-electron chi connectivity index (χ0n) is 14.4. The quantitative estimate of drug-likeness (QED) is 0.663. The lowest BCUT2D eigenvalue weighted by molar-refractivity contribution is -0.123. The number of nitrogens with two attached hydrogens (primary N) is 1. The summed E-state index contributed by atoms with van der Waals surface area (Å²) in [4.78, 5) is 12.1. The highest BCUT2D eigenvalue weighted by molar-refractivity contribution is 6.42. The molecule has 0 aliphatic carbocycles. The summed E-state index contributed by atoms with van der Waals surface area (Å²) in [6.45, 7) is 5.08. The maximum Gasteiger partial charge on any atom is 0.222 e. The second-order valence-electron chi connectivity index (χ2n) is 5.69. The molecule has 0 bridgehead atoms. The molecule has 3 N–H and O–H groups in total. The smallest absolute Gasteiger partial charge is 0.222 e. The predicted octanol–water partition coefficient (Wildman–Crippen LogP) is 3.95. The fourth-order valence-corrected chi connectivity index (χ4v) is 2.94. The Morgan fingerprint density at radius 1 is 1.29 bits per heavy atom. The molecule has 0 aromatic heterocycles. The largest absolute Gasteiger partial charge is 0.380 e. The van der Waals surface area contributed by atoms with Crippen LogP contribution in [-0.4, -0.2) is 32.2 Å². The number of halogens is 3. The van der Waals surface area contributed by atoms with Gasteiger partial charge >= 0.3 is 0 Å². The SMILES string of the molecule is CCC(CC)(CNC(=O)CC(CN)OC)c1ccc(Cl)c(Cl)c1.Cl. The minimum absolute atomic E-state index is 0. The van der Waals surface area contributed by atoms with Crippen LogP contribution in [0, 0.1) is 0 Å². The van der Waals surface area contributed by atoms with Crippen molar-refractivity contribution >= 4 is 41.5 Å². The van der Waals surface area contributed by atoms with Gasteiger partial charge in [-0.1, -0.05) is 43.1 Å². The summed E-state index contributed by atoms with van der Waals surface area (Å²) >= 11 is 12.2. The van der Waals surface area contributed by atoms with Gasteiger partial charge < -0.3 is 15.8 Å². The molecule has 1 atom stereocenters. The average molecular weight is 398 g/mol. The lowest BCUT2D eigenvalue weighted by atomic mass is 9.75. The summed E-state index contributed by atoms with van der Waals surface area (Å²) in [6, 6.07) is 5.67. The molecule has 0 fully saturated rings. The number of carbonyl (C=O) groups excluding carboxylic acids is 1. The summed E-state index contributed by atoms with van der Waals surface area (Å²) in [5, 5.41) is 4.07. The molecule has 0 aliphatic rings. The second kappa shape index (κ2) is 11.2. The molecule has 4 nitrogen and oxygen atoms in total. The summed E-state index contributed by atoms with van der Waals surface area (Å²) in [5.74, 6) is -0.0614. The van der Waals surface area contributed by atoms with E-state index in [1.54, 1.807) is 13.2 Å². The van der Waals surface area contributed by atoms with Crippen LogP contribution in [0.4, 0.5) is 0 Å². The molecule has 1 amide bonds. The summed E-state index contributed by atoms with van der Waals surface area (Å²) < 4.78 is 5.15. The molecule has 1 unspecified atom stereocenters. The number of methoxy groups -OCH3 is 1. The number of amides is 1. The number of carbonyl (C=O) groups is 1. The first-order chi connectivity index (χ1) is 10.9. The molecule has 0 spiro atoms. The van der Waals surface area contributed by atoms with Gasteiger partial charge in [0.05, 0.1) is 22.6 Å². The lowest BCUT2D eigenvalue weighted by Crippen LogP contribution is -2.41. The molecule has 0 radical (unpaired) electrons. The van der Waals surface area contributed by atoms with Crippen molar-refractivity contribution in [2.24, 2.45) is 5.73 Å². The first kappa shape index (κ1) is 23.5. The molecule has 24 heavy (non-hydrogen) atoms. The molecule has 0 aliphatic heterocycles. The topological polar surface area (TPSA) is 64.4 Å². The van der Waals surface area contributed by atoms with E-state index in [0.29, 0.717) is 23.1 Å². The van der Waals surface area contributed by atoms with Gasteiger partial charge in [-0.25, -0.2) is 0 Å². The van der Waals surface area contributed by atoms with Gasteiger partial charge in [0, 0.05) is 25.6 Å². The van der Waals surface area contributed by atoms with Crippen molar-refractivity contribution in [1.82, 2.24) is 5.32 Å². The van der Waals surface area contributed by atoms with E-state index in [1.807, 2.05) is 12.1 Å². The van der Waals surface area contributed by atoms with E-state index in [2.05, 4.69) is 19.2 Å². The number of hydrogen-bond acceptors (Lipinski definition) is 3. The molecule has 1 aromatic rings. The van der Waals surface area contributed by atoms with Crippen LogP contribution in [0.25, 0.3) is 0 Å². The van der Waals surface area contributed by atoms with Crippen LogP contribution < -0.4 is 11.1 Å². The normalized spacial score (nSPS) is 12.4. The monoisotopic (exact) mass is 396 g/mol. The van der Waals surface area contributed by atoms with Gasteiger partial charge in [0.1, 0.15) is 0 Å². The Kier molecular flexibility index (Phi) is 10.9. The van der Waals surface area contributed by atoms with E-state index in [1.165, 1.54) is 0 Å². The summed E-state index contributed by atoms with van der Waals surface area (Å²) in [6.07, 6.45) is 1.77. The minimum Gasteiger partial charge on any atom is -0.380 e. The van der Waals surface area contributed by atoms with E-state index in [0.717, 1.165) is 18.4 Å². The zero-order valence-corrected chi connectivity index (χ0v) is 16.7. The first-order valence-electron chi connectivity index (χ1n) is 7.87. The highest BCUT2D eigenvalue weighted by atomic mass is 35.5. The van der Waals surface area contributed by atoms with Gasteiger partial charge in [-0.3, -0.25) is 4.79 Å². The molecular weight excluding hydrogens is 371 g/mol. The van der Waals surface area contributed by atoms with E-state index in [9.17, 15) is 4.79 Å². The van der Waals surface area contributed by atoms with Gasteiger partial charge in [0.15, 0.2) is 0 Å².